The van der Waals surface area contributed by atoms with Crippen molar-refractivity contribution in [1.82, 2.24) is 0 Å². The standard InChI is InChI=1S/C21H26O4S/c1-15-13-26-14-16(2)25-21(24-15,17-5-9-19(22-3)10-6-17)18-7-11-20(23-4)12-8-18/h5-12,15-16H,13-14H2,1-4H3/t15-,16-/m1/s1. The molecule has 0 bridgehead atoms. The lowest BCUT2D eigenvalue weighted by molar-refractivity contribution is -0.251. The Hall–Kier alpha value is -1.69. The van der Waals surface area contributed by atoms with E-state index in [0.29, 0.717) is 0 Å². The van der Waals surface area contributed by atoms with E-state index in [0.717, 1.165) is 34.1 Å². The number of thioether (sulfide) groups is 1. The lowest BCUT2D eigenvalue weighted by atomic mass is 9.96. The molecule has 1 saturated heterocycles. The second kappa shape index (κ2) is 8.33. The Kier molecular flexibility index (Phi) is 6.12. The van der Waals surface area contributed by atoms with Crippen LogP contribution in [0.3, 0.4) is 0 Å². The van der Waals surface area contributed by atoms with E-state index < -0.39 is 5.79 Å². The molecule has 140 valence electrons. The minimum atomic E-state index is -0.960. The Labute approximate surface area is 159 Å². The van der Waals surface area contributed by atoms with Crippen molar-refractivity contribution in [3.05, 3.63) is 59.7 Å². The van der Waals surface area contributed by atoms with Crippen molar-refractivity contribution in [2.45, 2.75) is 31.8 Å². The van der Waals surface area contributed by atoms with E-state index in [1.807, 2.05) is 60.3 Å². The van der Waals surface area contributed by atoms with Gasteiger partial charge in [0.1, 0.15) is 11.5 Å². The number of ether oxygens (including phenoxy) is 4. The van der Waals surface area contributed by atoms with Crippen LogP contribution in [0.5, 0.6) is 11.5 Å². The van der Waals surface area contributed by atoms with Crippen LogP contribution in [-0.2, 0) is 15.3 Å². The van der Waals surface area contributed by atoms with Crippen LogP contribution in [0, 0.1) is 0 Å². The first-order valence-electron chi connectivity index (χ1n) is 8.80. The van der Waals surface area contributed by atoms with E-state index in [4.69, 9.17) is 18.9 Å². The van der Waals surface area contributed by atoms with Gasteiger partial charge in [0.05, 0.1) is 26.4 Å². The summed E-state index contributed by atoms with van der Waals surface area (Å²) in [5, 5.41) is 0. The molecule has 0 aromatic heterocycles. The lowest BCUT2D eigenvalue weighted by Gasteiger charge is -2.40. The summed E-state index contributed by atoms with van der Waals surface area (Å²) in [4.78, 5) is 0. The zero-order valence-electron chi connectivity index (χ0n) is 15.7. The Morgan fingerprint density at radius 2 is 1.15 bits per heavy atom. The third kappa shape index (κ3) is 4.00. The van der Waals surface area contributed by atoms with Gasteiger partial charge < -0.3 is 18.9 Å². The second-order valence-corrected chi connectivity index (χ2v) is 7.54. The average molecular weight is 375 g/mol. The molecule has 0 spiro atoms. The van der Waals surface area contributed by atoms with Crippen molar-refractivity contribution in [2.75, 3.05) is 25.7 Å². The molecule has 0 radical (unpaired) electrons. The number of rotatable bonds is 4. The van der Waals surface area contributed by atoms with Crippen molar-refractivity contribution in [2.24, 2.45) is 0 Å². The predicted molar refractivity (Wildman–Crippen MR) is 105 cm³/mol. The van der Waals surface area contributed by atoms with Gasteiger partial charge in [0.25, 0.3) is 0 Å². The molecule has 0 N–H and O–H groups in total. The van der Waals surface area contributed by atoms with Crippen LogP contribution in [0.15, 0.2) is 48.5 Å². The highest BCUT2D eigenvalue weighted by atomic mass is 32.2. The van der Waals surface area contributed by atoms with Crippen LogP contribution in [0.2, 0.25) is 0 Å². The largest absolute Gasteiger partial charge is 0.497 e. The van der Waals surface area contributed by atoms with Gasteiger partial charge in [-0.15, -0.1) is 0 Å². The molecule has 1 heterocycles. The molecule has 3 rings (SSSR count). The quantitative estimate of drug-likeness (QED) is 0.790. The number of benzene rings is 2. The van der Waals surface area contributed by atoms with Gasteiger partial charge >= 0.3 is 0 Å². The van der Waals surface area contributed by atoms with Crippen molar-refractivity contribution in [3.8, 4) is 11.5 Å². The fourth-order valence-electron chi connectivity index (χ4n) is 3.12. The zero-order valence-corrected chi connectivity index (χ0v) is 16.5. The first kappa shape index (κ1) is 19.1. The average Bonchev–Trinajstić information content (AvgIpc) is 2.66. The molecule has 2 aromatic carbocycles. The van der Waals surface area contributed by atoms with Crippen LogP contribution >= 0.6 is 11.8 Å². The monoisotopic (exact) mass is 374 g/mol. The molecule has 0 saturated carbocycles. The van der Waals surface area contributed by atoms with E-state index in [1.54, 1.807) is 14.2 Å². The van der Waals surface area contributed by atoms with E-state index in [-0.39, 0.29) is 12.2 Å². The summed E-state index contributed by atoms with van der Waals surface area (Å²) in [5.74, 6) is 2.52. The van der Waals surface area contributed by atoms with Crippen molar-refractivity contribution < 1.29 is 18.9 Å². The first-order chi connectivity index (χ1) is 12.6. The maximum absolute atomic E-state index is 6.54. The van der Waals surface area contributed by atoms with Crippen LogP contribution in [-0.4, -0.2) is 37.9 Å². The first-order valence-corrected chi connectivity index (χ1v) is 9.95. The molecule has 26 heavy (non-hydrogen) atoms. The molecule has 1 aliphatic heterocycles. The van der Waals surface area contributed by atoms with Crippen LogP contribution in [0.4, 0.5) is 0 Å². The lowest BCUT2D eigenvalue weighted by Crippen LogP contribution is -2.42. The van der Waals surface area contributed by atoms with Crippen molar-refractivity contribution in [1.29, 1.82) is 0 Å². The molecule has 2 aromatic rings. The van der Waals surface area contributed by atoms with Gasteiger partial charge in [-0.05, 0) is 62.4 Å². The summed E-state index contributed by atoms with van der Waals surface area (Å²) >= 11 is 1.86. The normalized spacial score (nSPS) is 22.9. The smallest absolute Gasteiger partial charge is 0.222 e. The van der Waals surface area contributed by atoms with E-state index in [1.165, 1.54) is 0 Å². The van der Waals surface area contributed by atoms with Gasteiger partial charge in [-0.25, -0.2) is 0 Å². The van der Waals surface area contributed by atoms with E-state index >= 15 is 0 Å². The van der Waals surface area contributed by atoms with Gasteiger partial charge in [0.2, 0.25) is 5.79 Å². The molecule has 5 heteroatoms. The van der Waals surface area contributed by atoms with Gasteiger partial charge in [-0.2, -0.15) is 11.8 Å². The highest BCUT2D eigenvalue weighted by Gasteiger charge is 2.41. The zero-order chi connectivity index (χ0) is 18.6. The maximum atomic E-state index is 6.54. The summed E-state index contributed by atoms with van der Waals surface area (Å²) < 4.78 is 23.7. The fraction of sp³-hybridized carbons (Fsp3) is 0.429. The van der Waals surface area contributed by atoms with Crippen LogP contribution in [0.1, 0.15) is 25.0 Å². The molecule has 1 fully saturated rings. The topological polar surface area (TPSA) is 36.9 Å². The molecule has 0 aliphatic carbocycles. The summed E-state index contributed by atoms with van der Waals surface area (Å²) in [6.07, 6.45) is 0.105. The van der Waals surface area contributed by atoms with Gasteiger partial charge in [0.15, 0.2) is 0 Å². The molecule has 0 unspecified atom stereocenters. The van der Waals surface area contributed by atoms with E-state index in [2.05, 4.69) is 13.8 Å². The van der Waals surface area contributed by atoms with Crippen LogP contribution < -0.4 is 9.47 Å². The Morgan fingerprint density at radius 1 is 0.769 bits per heavy atom. The minimum absolute atomic E-state index is 0.0525. The summed E-state index contributed by atoms with van der Waals surface area (Å²) in [6.45, 7) is 4.18. The third-order valence-corrected chi connectivity index (χ3v) is 5.79. The van der Waals surface area contributed by atoms with Crippen molar-refractivity contribution in [3.63, 3.8) is 0 Å². The van der Waals surface area contributed by atoms with Crippen molar-refractivity contribution >= 4 is 11.8 Å². The van der Waals surface area contributed by atoms with Gasteiger partial charge in [-0.3, -0.25) is 0 Å². The highest BCUT2D eigenvalue weighted by Crippen LogP contribution is 2.40. The molecule has 1 aliphatic rings. The summed E-state index contributed by atoms with van der Waals surface area (Å²) in [6, 6.07) is 15.8. The molecule has 0 amide bonds. The number of hydrogen-bond acceptors (Lipinski definition) is 5. The molecule has 4 nitrogen and oxygen atoms in total. The number of methoxy groups -OCH3 is 2. The molecule has 2 atom stereocenters. The Balaban J connectivity index is 2.11. The van der Waals surface area contributed by atoms with Gasteiger partial charge in [-0.1, -0.05) is 0 Å². The predicted octanol–water partition coefficient (Wildman–Crippen LogP) is 4.46. The summed E-state index contributed by atoms with van der Waals surface area (Å²) in [7, 11) is 3.33. The van der Waals surface area contributed by atoms with Crippen LogP contribution in [0.25, 0.3) is 0 Å². The minimum Gasteiger partial charge on any atom is -0.497 e. The Bertz CT molecular complexity index is 637. The van der Waals surface area contributed by atoms with Gasteiger partial charge in [0, 0.05) is 22.6 Å². The molecular formula is C21H26O4S. The fourth-order valence-corrected chi connectivity index (χ4v) is 4.06. The Morgan fingerprint density at radius 3 is 1.50 bits per heavy atom. The summed E-state index contributed by atoms with van der Waals surface area (Å²) in [5.41, 5.74) is 1.91. The number of hydrogen-bond donors (Lipinski definition) is 0. The highest BCUT2D eigenvalue weighted by molar-refractivity contribution is 7.99. The maximum Gasteiger partial charge on any atom is 0.222 e. The SMILES string of the molecule is COc1ccc(C2(c3ccc(OC)cc3)O[C@H](C)CSC[C@@H](C)O2)cc1. The van der Waals surface area contributed by atoms with E-state index in [9.17, 15) is 0 Å². The second-order valence-electron chi connectivity index (χ2n) is 6.47. The third-order valence-electron chi connectivity index (χ3n) is 4.38. The molecular weight excluding hydrogens is 348 g/mol.